The van der Waals surface area contributed by atoms with Gasteiger partial charge in [0.05, 0.1) is 10.8 Å². The van der Waals surface area contributed by atoms with Gasteiger partial charge in [-0.15, -0.1) is 0 Å². The van der Waals surface area contributed by atoms with Gasteiger partial charge in [0.25, 0.3) is 5.56 Å². The average Bonchev–Trinajstić information content (AvgIpc) is 2.30. The molecule has 1 atom stereocenters. The molecule has 88 valence electrons. The molecule has 0 amide bonds. The van der Waals surface area contributed by atoms with Crippen molar-refractivity contribution in [1.29, 1.82) is 0 Å². The van der Waals surface area contributed by atoms with E-state index in [1.54, 1.807) is 11.8 Å². The van der Waals surface area contributed by atoms with Gasteiger partial charge in [0.1, 0.15) is 5.82 Å². The van der Waals surface area contributed by atoms with Crippen molar-refractivity contribution >= 4 is 11.8 Å². The molecule has 2 heterocycles. The summed E-state index contributed by atoms with van der Waals surface area (Å²) in [6, 6.07) is 0. The normalized spacial score (nSPS) is 20.9. The first-order valence-electron chi connectivity index (χ1n) is 5.66. The third kappa shape index (κ3) is 2.24. The molecule has 1 saturated heterocycles. The zero-order valence-electron chi connectivity index (χ0n) is 9.32. The smallest absolute Gasteiger partial charge is 0.257 e. The molecule has 1 unspecified atom stereocenters. The summed E-state index contributed by atoms with van der Waals surface area (Å²) in [5, 5.41) is 9.90. The van der Waals surface area contributed by atoms with Crippen LogP contribution in [0.15, 0.2) is 4.79 Å². The number of aromatic hydroxyl groups is 1. The Hall–Kier alpha value is -0.970. The second-order valence-corrected chi connectivity index (χ2v) is 5.27. The first-order chi connectivity index (χ1) is 7.72. The molecule has 5 heteroatoms. The van der Waals surface area contributed by atoms with Gasteiger partial charge < -0.3 is 10.1 Å². The van der Waals surface area contributed by atoms with Gasteiger partial charge in [0.15, 0.2) is 0 Å². The van der Waals surface area contributed by atoms with Crippen molar-refractivity contribution in [1.82, 2.24) is 9.97 Å². The van der Waals surface area contributed by atoms with E-state index >= 15 is 0 Å². The monoisotopic (exact) mass is 240 g/mol. The van der Waals surface area contributed by atoms with Crippen molar-refractivity contribution in [3.8, 4) is 5.88 Å². The molecule has 0 saturated carbocycles. The van der Waals surface area contributed by atoms with E-state index in [1.165, 1.54) is 6.42 Å². The highest BCUT2D eigenvalue weighted by Gasteiger charge is 2.20. The topological polar surface area (TPSA) is 66.0 Å². The summed E-state index contributed by atoms with van der Waals surface area (Å²) in [4.78, 5) is 18.6. The van der Waals surface area contributed by atoms with Gasteiger partial charge in [-0.2, -0.15) is 16.7 Å². The Labute approximate surface area is 98.5 Å². The van der Waals surface area contributed by atoms with Crippen LogP contribution in [-0.2, 0) is 6.42 Å². The van der Waals surface area contributed by atoms with Crippen LogP contribution in [0.3, 0.4) is 0 Å². The summed E-state index contributed by atoms with van der Waals surface area (Å²) in [6.45, 7) is 1.83. The highest BCUT2D eigenvalue weighted by atomic mass is 32.2. The second kappa shape index (κ2) is 4.91. The molecule has 1 aromatic heterocycles. The Kier molecular flexibility index (Phi) is 3.53. The molecule has 1 aliphatic heterocycles. The molecule has 1 aromatic rings. The van der Waals surface area contributed by atoms with Crippen LogP contribution in [0.2, 0.25) is 0 Å². The number of nitrogens with one attached hydrogen (secondary N) is 1. The molecule has 2 N–H and O–H groups in total. The number of aromatic nitrogens is 2. The fraction of sp³-hybridized carbons (Fsp3) is 0.636. The lowest BCUT2D eigenvalue weighted by Crippen LogP contribution is -2.18. The molecular formula is C11H16N2O2S. The van der Waals surface area contributed by atoms with Gasteiger partial charge >= 0.3 is 0 Å². The summed E-state index contributed by atoms with van der Waals surface area (Å²) in [7, 11) is 0. The van der Waals surface area contributed by atoms with Crippen molar-refractivity contribution in [3.63, 3.8) is 0 Å². The van der Waals surface area contributed by atoms with E-state index in [4.69, 9.17) is 0 Å². The number of aromatic amines is 1. The lowest BCUT2D eigenvalue weighted by Gasteiger charge is -2.20. The Morgan fingerprint density at radius 2 is 2.38 bits per heavy atom. The van der Waals surface area contributed by atoms with Gasteiger partial charge in [-0.1, -0.05) is 13.3 Å². The fourth-order valence-electron chi connectivity index (χ4n) is 1.93. The highest BCUT2D eigenvalue weighted by molar-refractivity contribution is 7.99. The van der Waals surface area contributed by atoms with Crippen LogP contribution in [0.4, 0.5) is 0 Å². The van der Waals surface area contributed by atoms with Crippen LogP contribution in [0.1, 0.15) is 42.8 Å². The van der Waals surface area contributed by atoms with Gasteiger partial charge in [-0.25, -0.2) is 0 Å². The molecule has 4 nitrogen and oxygen atoms in total. The molecule has 1 aliphatic rings. The number of thioether (sulfide) groups is 1. The van der Waals surface area contributed by atoms with Crippen molar-refractivity contribution in [2.75, 3.05) is 5.75 Å². The van der Waals surface area contributed by atoms with E-state index in [1.807, 2.05) is 6.92 Å². The summed E-state index contributed by atoms with van der Waals surface area (Å²) in [6.07, 6.45) is 3.92. The van der Waals surface area contributed by atoms with Crippen LogP contribution in [0.25, 0.3) is 0 Å². The van der Waals surface area contributed by atoms with Crippen molar-refractivity contribution in [2.45, 2.75) is 37.9 Å². The van der Waals surface area contributed by atoms with E-state index in [0.29, 0.717) is 17.8 Å². The number of nitrogens with zero attached hydrogens (tertiary/aromatic N) is 1. The third-order valence-corrected chi connectivity index (χ3v) is 4.24. The van der Waals surface area contributed by atoms with Crippen molar-refractivity contribution < 1.29 is 5.11 Å². The summed E-state index contributed by atoms with van der Waals surface area (Å²) in [5.74, 6) is 1.63. The lowest BCUT2D eigenvalue weighted by molar-refractivity contribution is 0.438. The first kappa shape index (κ1) is 11.5. The molecule has 1 fully saturated rings. The van der Waals surface area contributed by atoms with Crippen LogP contribution in [0, 0.1) is 0 Å². The fourth-order valence-corrected chi connectivity index (χ4v) is 3.19. The zero-order chi connectivity index (χ0) is 11.5. The van der Waals surface area contributed by atoms with Crippen LogP contribution < -0.4 is 5.56 Å². The Bertz CT molecular complexity index is 424. The van der Waals surface area contributed by atoms with Crippen molar-refractivity contribution in [2.24, 2.45) is 0 Å². The van der Waals surface area contributed by atoms with E-state index in [9.17, 15) is 9.90 Å². The summed E-state index contributed by atoms with van der Waals surface area (Å²) < 4.78 is 0. The summed E-state index contributed by atoms with van der Waals surface area (Å²) >= 11 is 1.80. The maximum Gasteiger partial charge on any atom is 0.257 e. The number of hydrogen-bond donors (Lipinski definition) is 2. The molecule has 0 aliphatic carbocycles. The highest BCUT2D eigenvalue weighted by Crippen LogP contribution is 2.36. The third-order valence-electron chi connectivity index (χ3n) is 2.85. The molecule has 16 heavy (non-hydrogen) atoms. The quantitative estimate of drug-likeness (QED) is 0.829. The SMILES string of the molecule is CCc1c(O)nc(C2CCCCS2)[nH]c1=O. The van der Waals surface area contributed by atoms with E-state index in [2.05, 4.69) is 9.97 Å². The maximum atomic E-state index is 11.7. The van der Waals surface area contributed by atoms with Crippen molar-refractivity contribution in [3.05, 3.63) is 21.7 Å². The zero-order valence-corrected chi connectivity index (χ0v) is 10.1. The molecule has 0 spiro atoms. The van der Waals surface area contributed by atoms with E-state index in [0.717, 1.165) is 18.6 Å². The van der Waals surface area contributed by atoms with Gasteiger partial charge in [-0.3, -0.25) is 4.79 Å². The van der Waals surface area contributed by atoms with E-state index < -0.39 is 0 Å². The molecule has 0 bridgehead atoms. The molecule has 2 rings (SSSR count). The Morgan fingerprint density at radius 3 is 2.94 bits per heavy atom. The predicted octanol–water partition coefficient (Wildman–Crippen LogP) is 2.00. The Balaban J connectivity index is 2.31. The second-order valence-electron chi connectivity index (χ2n) is 3.96. The number of H-pyrrole nitrogens is 1. The standard InChI is InChI=1S/C11H16N2O2S/c1-2-7-10(14)12-9(13-11(7)15)8-5-3-4-6-16-8/h8H,2-6H2,1H3,(H2,12,13,14,15). The number of rotatable bonds is 2. The van der Waals surface area contributed by atoms with Crippen LogP contribution in [0.5, 0.6) is 5.88 Å². The first-order valence-corrected chi connectivity index (χ1v) is 6.71. The Morgan fingerprint density at radius 1 is 1.56 bits per heavy atom. The number of hydrogen-bond acceptors (Lipinski definition) is 4. The van der Waals surface area contributed by atoms with Gasteiger partial charge in [0, 0.05) is 0 Å². The average molecular weight is 240 g/mol. The molecular weight excluding hydrogens is 224 g/mol. The summed E-state index contributed by atoms with van der Waals surface area (Å²) in [5.41, 5.74) is 0.181. The minimum Gasteiger partial charge on any atom is -0.493 e. The minimum absolute atomic E-state index is 0.104. The minimum atomic E-state index is -0.198. The van der Waals surface area contributed by atoms with Gasteiger partial charge in [0.2, 0.25) is 5.88 Å². The van der Waals surface area contributed by atoms with E-state index in [-0.39, 0.29) is 16.7 Å². The lowest BCUT2D eigenvalue weighted by atomic mass is 10.1. The van der Waals surface area contributed by atoms with Crippen LogP contribution in [-0.4, -0.2) is 20.8 Å². The largest absolute Gasteiger partial charge is 0.493 e. The molecule has 0 radical (unpaired) electrons. The predicted molar refractivity (Wildman–Crippen MR) is 65.0 cm³/mol. The van der Waals surface area contributed by atoms with Crippen LogP contribution >= 0.6 is 11.8 Å². The maximum absolute atomic E-state index is 11.7. The van der Waals surface area contributed by atoms with Gasteiger partial charge in [-0.05, 0) is 25.0 Å². The molecule has 0 aromatic carbocycles.